The van der Waals surface area contributed by atoms with Crippen LogP contribution in [0.2, 0.25) is 0 Å². The molecule has 0 saturated heterocycles. The summed E-state index contributed by atoms with van der Waals surface area (Å²) >= 11 is 0. The van der Waals surface area contributed by atoms with Crippen LogP contribution >= 0.6 is 0 Å². The van der Waals surface area contributed by atoms with Gasteiger partial charge in [0.1, 0.15) is 5.54 Å². The number of amides is 2. The number of nitrogens with one attached hydrogen (secondary N) is 1. The van der Waals surface area contributed by atoms with Crippen molar-refractivity contribution in [2.24, 2.45) is 5.92 Å². The summed E-state index contributed by atoms with van der Waals surface area (Å²) < 4.78 is 1.94. The van der Waals surface area contributed by atoms with Gasteiger partial charge < -0.3 is 14.8 Å². The van der Waals surface area contributed by atoms with Crippen LogP contribution in [0.15, 0.2) is 24.3 Å². The molecule has 1 aliphatic carbocycles. The standard InChI is InChI=1S/C24H34N4O2/c1-17(2)14-15-28-22(29)21-26-19-12-8-9-13-20(19)27(21)16-24(28,3)23(30)25-18-10-6-4-5-7-11-18/h8-9,12-13,17-18H,4-7,10-11,14-16H2,1-3H3,(H,25,30)/t24-/m0/s1. The Kier molecular flexibility index (Phi) is 5.85. The number of rotatable bonds is 5. The molecule has 0 unspecified atom stereocenters. The first-order valence-electron chi connectivity index (χ1n) is 11.5. The summed E-state index contributed by atoms with van der Waals surface area (Å²) in [5, 5.41) is 3.31. The number of aromatic nitrogens is 2. The molecule has 0 radical (unpaired) electrons. The van der Waals surface area contributed by atoms with Crippen LogP contribution in [0.25, 0.3) is 11.0 Å². The minimum absolute atomic E-state index is 0.0325. The molecule has 4 rings (SSSR count). The summed E-state index contributed by atoms with van der Waals surface area (Å²) in [6.07, 6.45) is 7.72. The highest BCUT2D eigenvalue weighted by molar-refractivity contribution is 6.01. The lowest BCUT2D eigenvalue weighted by Gasteiger charge is -2.44. The third-order valence-electron chi connectivity index (χ3n) is 6.76. The number of carbonyl (C=O) groups is 2. The molecular formula is C24H34N4O2. The molecule has 1 N–H and O–H groups in total. The van der Waals surface area contributed by atoms with E-state index in [-0.39, 0.29) is 17.9 Å². The molecule has 1 saturated carbocycles. The zero-order valence-electron chi connectivity index (χ0n) is 18.5. The number of benzene rings is 1. The van der Waals surface area contributed by atoms with Gasteiger partial charge in [-0.1, -0.05) is 51.7 Å². The van der Waals surface area contributed by atoms with E-state index in [0.717, 1.165) is 43.1 Å². The first-order valence-corrected chi connectivity index (χ1v) is 11.5. The molecule has 30 heavy (non-hydrogen) atoms. The SMILES string of the molecule is CC(C)CCN1C(=O)c2nc3ccccc3n2C[C@@]1(C)C(=O)NC1CCCCCC1. The quantitative estimate of drug-likeness (QED) is 0.754. The lowest BCUT2D eigenvalue weighted by molar-refractivity contribution is -0.133. The zero-order valence-corrected chi connectivity index (χ0v) is 18.5. The Bertz CT molecular complexity index is 926. The molecule has 1 aromatic heterocycles. The van der Waals surface area contributed by atoms with E-state index in [2.05, 4.69) is 24.1 Å². The maximum absolute atomic E-state index is 13.6. The summed E-state index contributed by atoms with van der Waals surface area (Å²) in [4.78, 5) is 33.5. The van der Waals surface area contributed by atoms with E-state index in [1.54, 1.807) is 4.90 Å². The monoisotopic (exact) mass is 410 g/mol. The van der Waals surface area contributed by atoms with E-state index in [0.29, 0.717) is 24.8 Å². The van der Waals surface area contributed by atoms with Crippen molar-refractivity contribution in [2.45, 2.75) is 83.8 Å². The van der Waals surface area contributed by atoms with E-state index in [4.69, 9.17) is 0 Å². The number of hydrogen-bond acceptors (Lipinski definition) is 3. The Morgan fingerprint density at radius 2 is 1.90 bits per heavy atom. The summed E-state index contributed by atoms with van der Waals surface area (Å²) in [5.74, 6) is 0.721. The highest BCUT2D eigenvalue weighted by atomic mass is 16.2. The van der Waals surface area contributed by atoms with Gasteiger partial charge in [-0.15, -0.1) is 0 Å². The molecule has 6 nitrogen and oxygen atoms in total. The van der Waals surface area contributed by atoms with Crippen molar-refractivity contribution >= 4 is 22.8 Å². The largest absolute Gasteiger partial charge is 0.351 e. The molecule has 0 spiro atoms. The second-order valence-electron chi connectivity index (χ2n) is 9.59. The van der Waals surface area contributed by atoms with Crippen molar-refractivity contribution in [3.05, 3.63) is 30.1 Å². The first kappa shape index (κ1) is 20.9. The number of fused-ring (bicyclic) bond motifs is 3. The number of nitrogens with zero attached hydrogens (tertiary/aromatic N) is 3. The summed E-state index contributed by atoms with van der Waals surface area (Å²) in [7, 11) is 0. The van der Waals surface area contributed by atoms with E-state index in [1.165, 1.54) is 12.8 Å². The Labute approximate surface area is 179 Å². The molecule has 2 aromatic rings. The summed E-state index contributed by atoms with van der Waals surface area (Å²) in [6.45, 7) is 7.22. The Balaban J connectivity index is 1.68. The molecule has 1 fully saturated rings. The van der Waals surface area contributed by atoms with Gasteiger partial charge in [0, 0.05) is 12.6 Å². The molecule has 2 heterocycles. The fraction of sp³-hybridized carbons (Fsp3) is 0.625. The number of hydrogen-bond donors (Lipinski definition) is 1. The smallest absolute Gasteiger partial charge is 0.290 e. The number of para-hydroxylation sites is 2. The molecule has 1 aromatic carbocycles. The van der Waals surface area contributed by atoms with Gasteiger partial charge in [-0.3, -0.25) is 9.59 Å². The maximum atomic E-state index is 13.6. The average molecular weight is 411 g/mol. The fourth-order valence-corrected chi connectivity index (χ4v) is 4.83. The van der Waals surface area contributed by atoms with Crippen LogP contribution in [-0.2, 0) is 11.3 Å². The van der Waals surface area contributed by atoms with Crippen molar-refractivity contribution < 1.29 is 9.59 Å². The van der Waals surface area contributed by atoms with E-state index >= 15 is 0 Å². The number of imidazole rings is 1. The third kappa shape index (κ3) is 3.84. The van der Waals surface area contributed by atoms with Gasteiger partial charge in [0.2, 0.25) is 5.91 Å². The van der Waals surface area contributed by atoms with Gasteiger partial charge in [-0.05, 0) is 44.2 Å². The van der Waals surface area contributed by atoms with Crippen LogP contribution in [0.4, 0.5) is 0 Å². The van der Waals surface area contributed by atoms with E-state index in [1.807, 2.05) is 35.8 Å². The lowest BCUT2D eigenvalue weighted by atomic mass is 9.93. The zero-order chi connectivity index (χ0) is 21.3. The molecule has 6 heteroatoms. The Hall–Kier alpha value is -2.37. The van der Waals surface area contributed by atoms with Gasteiger partial charge >= 0.3 is 0 Å². The Morgan fingerprint density at radius 1 is 1.20 bits per heavy atom. The Morgan fingerprint density at radius 3 is 2.60 bits per heavy atom. The van der Waals surface area contributed by atoms with Gasteiger partial charge in [-0.25, -0.2) is 4.98 Å². The minimum atomic E-state index is -0.922. The summed E-state index contributed by atoms with van der Waals surface area (Å²) in [5.41, 5.74) is 0.797. The van der Waals surface area contributed by atoms with Gasteiger partial charge in [-0.2, -0.15) is 0 Å². The lowest BCUT2D eigenvalue weighted by Crippen LogP contribution is -2.65. The highest BCUT2D eigenvalue weighted by Gasteiger charge is 2.48. The van der Waals surface area contributed by atoms with Crippen LogP contribution in [0.1, 0.15) is 76.3 Å². The van der Waals surface area contributed by atoms with E-state index in [9.17, 15) is 9.59 Å². The van der Waals surface area contributed by atoms with Gasteiger partial charge in [0.05, 0.1) is 17.6 Å². The van der Waals surface area contributed by atoms with Crippen LogP contribution in [0.3, 0.4) is 0 Å². The van der Waals surface area contributed by atoms with Crippen molar-refractivity contribution in [1.82, 2.24) is 19.8 Å². The highest BCUT2D eigenvalue weighted by Crippen LogP contribution is 2.31. The maximum Gasteiger partial charge on any atom is 0.290 e. The van der Waals surface area contributed by atoms with Crippen molar-refractivity contribution in [3.63, 3.8) is 0 Å². The van der Waals surface area contributed by atoms with Gasteiger partial charge in [0.25, 0.3) is 5.91 Å². The van der Waals surface area contributed by atoms with Crippen molar-refractivity contribution in [1.29, 1.82) is 0 Å². The summed E-state index contributed by atoms with van der Waals surface area (Å²) in [6, 6.07) is 8.00. The predicted octanol–water partition coefficient (Wildman–Crippen LogP) is 4.14. The van der Waals surface area contributed by atoms with Crippen LogP contribution in [0.5, 0.6) is 0 Å². The molecule has 2 aliphatic rings. The molecule has 1 aliphatic heterocycles. The van der Waals surface area contributed by atoms with Crippen LogP contribution in [-0.4, -0.2) is 44.4 Å². The first-order chi connectivity index (χ1) is 14.4. The van der Waals surface area contributed by atoms with Crippen molar-refractivity contribution in [3.8, 4) is 0 Å². The van der Waals surface area contributed by atoms with Crippen molar-refractivity contribution in [2.75, 3.05) is 6.54 Å². The molecule has 0 bridgehead atoms. The minimum Gasteiger partial charge on any atom is -0.351 e. The molecular weight excluding hydrogens is 376 g/mol. The average Bonchev–Trinajstić information content (AvgIpc) is 2.88. The fourth-order valence-electron chi connectivity index (χ4n) is 4.83. The third-order valence-corrected chi connectivity index (χ3v) is 6.76. The molecule has 1 atom stereocenters. The van der Waals surface area contributed by atoms with Gasteiger partial charge in [0.15, 0.2) is 5.82 Å². The second kappa shape index (κ2) is 8.40. The molecule has 2 amide bonds. The predicted molar refractivity (Wildman–Crippen MR) is 118 cm³/mol. The van der Waals surface area contributed by atoms with Crippen LogP contribution < -0.4 is 5.32 Å². The molecule has 162 valence electrons. The normalized spacial score (nSPS) is 22.9. The topological polar surface area (TPSA) is 67.2 Å². The number of carbonyl (C=O) groups excluding carboxylic acids is 2. The van der Waals surface area contributed by atoms with E-state index < -0.39 is 5.54 Å². The second-order valence-corrected chi connectivity index (χ2v) is 9.59. The van der Waals surface area contributed by atoms with Crippen LogP contribution in [0, 0.1) is 5.92 Å².